The summed E-state index contributed by atoms with van der Waals surface area (Å²) < 4.78 is 0.848. The summed E-state index contributed by atoms with van der Waals surface area (Å²) in [5.41, 5.74) is 3.36. The molecule has 1 atom stereocenters. The van der Waals surface area contributed by atoms with Gasteiger partial charge in [-0.2, -0.15) is 0 Å². The van der Waals surface area contributed by atoms with Gasteiger partial charge < -0.3 is 9.88 Å². The lowest BCUT2D eigenvalue weighted by Crippen LogP contribution is -2.47. The van der Waals surface area contributed by atoms with Crippen LogP contribution in [0.1, 0.15) is 17.5 Å². The molecule has 8 heteroatoms. The molecule has 4 aromatic rings. The standard InChI is InChI=1S/C28H23BrClN3O3/c29-20-7-11-22(12-8-20)33-27(35)16-25(28(33)36)32(26(34)15-18-5-9-21(30)10-6-18)14-13-19-17-31-24-4-2-1-3-23(19)24/h1-12,17,25,31H,13-16H2. The van der Waals surface area contributed by atoms with Gasteiger partial charge in [0.2, 0.25) is 11.8 Å². The minimum Gasteiger partial charge on any atom is -0.361 e. The molecule has 0 saturated carbocycles. The predicted octanol–water partition coefficient (Wildman–Crippen LogP) is 5.53. The van der Waals surface area contributed by atoms with E-state index in [1.54, 1.807) is 53.4 Å². The van der Waals surface area contributed by atoms with Crippen LogP contribution in [0.4, 0.5) is 5.69 Å². The Morgan fingerprint density at radius 2 is 1.75 bits per heavy atom. The summed E-state index contributed by atoms with van der Waals surface area (Å²) in [6.45, 7) is 0.312. The molecule has 0 bridgehead atoms. The van der Waals surface area contributed by atoms with Crippen LogP contribution in [0.3, 0.4) is 0 Å². The molecule has 1 aliphatic rings. The Hall–Kier alpha value is -3.42. The van der Waals surface area contributed by atoms with Crippen LogP contribution in [-0.4, -0.2) is 40.2 Å². The number of hydrogen-bond donors (Lipinski definition) is 1. The van der Waals surface area contributed by atoms with Gasteiger partial charge in [-0.15, -0.1) is 0 Å². The monoisotopic (exact) mass is 563 g/mol. The maximum Gasteiger partial charge on any atom is 0.257 e. The van der Waals surface area contributed by atoms with E-state index in [-0.39, 0.29) is 30.6 Å². The fourth-order valence-corrected chi connectivity index (χ4v) is 5.02. The van der Waals surface area contributed by atoms with Crippen LogP contribution in [0.25, 0.3) is 10.9 Å². The number of aromatic amines is 1. The summed E-state index contributed by atoms with van der Waals surface area (Å²) >= 11 is 9.38. The molecule has 5 rings (SSSR count). The van der Waals surface area contributed by atoms with Crippen LogP contribution < -0.4 is 4.90 Å². The number of nitrogens with one attached hydrogen (secondary N) is 1. The number of anilines is 1. The first-order valence-electron chi connectivity index (χ1n) is 11.6. The molecule has 3 amide bonds. The van der Waals surface area contributed by atoms with Crippen molar-refractivity contribution >= 4 is 61.8 Å². The lowest BCUT2D eigenvalue weighted by Gasteiger charge is -2.28. The summed E-state index contributed by atoms with van der Waals surface area (Å²) in [6, 6.07) is 21.2. The molecule has 1 N–H and O–H groups in total. The van der Waals surface area contributed by atoms with Gasteiger partial charge in [0.15, 0.2) is 0 Å². The van der Waals surface area contributed by atoms with Crippen molar-refractivity contribution in [2.24, 2.45) is 0 Å². The van der Waals surface area contributed by atoms with Gasteiger partial charge in [0, 0.05) is 33.1 Å². The topological polar surface area (TPSA) is 73.5 Å². The van der Waals surface area contributed by atoms with Gasteiger partial charge in [-0.05, 0) is 60.0 Å². The average molecular weight is 565 g/mol. The maximum atomic E-state index is 13.5. The number of imide groups is 1. The van der Waals surface area contributed by atoms with Crippen LogP contribution in [0.15, 0.2) is 83.5 Å². The van der Waals surface area contributed by atoms with Crippen molar-refractivity contribution in [2.45, 2.75) is 25.3 Å². The fraction of sp³-hybridized carbons (Fsp3) is 0.179. The SMILES string of the molecule is O=C1CC(N(CCc2c[nH]c3ccccc23)C(=O)Cc2ccc(Cl)cc2)C(=O)N1c1ccc(Br)cc1. The zero-order chi connectivity index (χ0) is 25.2. The summed E-state index contributed by atoms with van der Waals surface area (Å²) in [6.07, 6.45) is 2.55. The number of H-pyrrole nitrogens is 1. The number of halogens is 2. The Balaban J connectivity index is 1.42. The number of carbonyl (C=O) groups excluding carboxylic acids is 3. The van der Waals surface area contributed by atoms with Gasteiger partial charge >= 0.3 is 0 Å². The van der Waals surface area contributed by atoms with Crippen molar-refractivity contribution in [3.63, 3.8) is 0 Å². The molecule has 1 unspecified atom stereocenters. The van der Waals surface area contributed by atoms with Gasteiger partial charge in [0.1, 0.15) is 6.04 Å². The highest BCUT2D eigenvalue weighted by Crippen LogP contribution is 2.28. The number of fused-ring (bicyclic) bond motifs is 1. The van der Waals surface area contributed by atoms with Crippen LogP contribution >= 0.6 is 27.5 Å². The highest BCUT2D eigenvalue weighted by Gasteiger charge is 2.44. The first-order valence-corrected chi connectivity index (χ1v) is 12.8. The highest BCUT2D eigenvalue weighted by molar-refractivity contribution is 9.10. The Morgan fingerprint density at radius 1 is 1.03 bits per heavy atom. The first-order chi connectivity index (χ1) is 17.4. The van der Waals surface area contributed by atoms with Gasteiger partial charge in [-0.1, -0.05) is 57.9 Å². The van der Waals surface area contributed by atoms with Crippen molar-refractivity contribution in [1.29, 1.82) is 0 Å². The second-order valence-electron chi connectivity index (χ2n) is 8.76. The number of carbonyl (C=O) groups is 3. The second-order valence-corrected chi connectivity index (χ2v) is 10.1. The number of amides is 3. The molecule has 0 radical (unpaired) electrons. The van der Waals surface area contributed by atoms with E-state index in [1.807, 2.05) is 30.5 Å². The third-order valence-electron chi connectivity index (χ3n) is 6.47. The Labute approximate surface area is 222 Å². The number of hydrogen-bond acceptors (Lipinski definition) is 3. The average Bonchev–Trinajstić information content (AvgIpc) is 3.42. The molecule has 0 aliphatic carbocycles. The number of nitrogens with zero attached hydrogens (tertiary/aromatic N) is 2. The number of benzene rings is 3. The first kappa shape index (κ1) is 24.3. The molecule has 1 aromatic heterocycles. The molecule has 36 heavy (non-hydrogen) atoms. The zero-order valence-corrected chi connectivity index (χ0v) is 21.6. The van der Waals surface area contributed by atoms with Crippen LogP contribution in [0.5, 0.6) is 0 Å². The van der Waals surface area contributed by atoms with Crippen LogP contribution in [0, 0.1) is 0 Å². The molecule has 1 aliphatic heterocycles. The molecular formula is C28H23BrClN3O3. The van der Waals surface area contributed by atoms with Crippen molar-refractivity contribution in [2.75, 3.05) is 11.4 Å². The van der Waals surface area contributed by atoms with Crippen molar-refractivity contribution in [3.8, 4) is 0 Å². The third kappa shape index (κ3) is 4.94. The van der Waals surface area contributed by atoms with Gasteiger partial charge in [-0.3, -0.25) is 14.4 Å². The Kier molecular flexibility index (Phi) is 6.94. The molecule has 2 heterocycles. The highest BCUT2D eigenvalue weighted by atomic mass is 79.9. The lowest BCUT2D eigenvalue weighted by atomic mass is 10.1. The molecular weight excluding hydrogens is 542 g/mol. The number of rotatable bonds is 7. The molecule has 182 valence electrons. The summed E-state index contributed by atoms with van der Waals surface area (Å²) in [4.78, 5) is 46.0. The quantitative estimate of drug-likeness (QED) is 0.300. The van der Waals surface area contributed by atoms with E-state index in [0.717, 1.165) is 26.5 Å². The Morgan fingerprint density at radius 3 is 2.50 bits per heavy atom. The minimum atomic E-state index is -0.855. The van der Waals surface area contributed by atoms with E-state index in [2.05, 4.69) is 20.9 Å². The molecule has 6 nitrogen and oxygen atoms in total. The van der Waals surface area contributed by atoms with Gasteiger partial charge in [-0.25, -0.2) is 4.90 Å². The van der Waals surface area contributed by atoms with Gasteiger partial charge in [0.25, 0.3) is 5.91 Å². The predicted molar refractivity (Wildman–Crippen MR) is 144 cm³/mol. The third-order valence-corrected chi connectivity index (χ3v) is 7.25. The van der Waals surface area contributed by atoms with E-state index >= 15 is 0 Å². The maximum absolute atomic E-state index is 13.5. The van der Waals surface area contributed by atoms with Crippen molar-refractivity contribution in [1.82, 2.24) is 9.88 Å². The summed E-state index contributed by atoms with van der Waals surface area (Å²) in [5.74, 6) is -0.907. The fourth-order valence-electron chi connectivity index (χ4n) is 4.63. The van der Waals surface area contributed by atoms with Crippen LogP contribution in [0.2, 0.25) is 5.02 Å². The lowest BCUT2D eigenvalue weighted by molar-refractivity contribution is -0.137. The zero-order valence-electron chi connectivity index (χ0n) is 19.3. The van der Waals surface area contributed by atoms with Crippen molar-refractivity contribution < 1.29 is 14.4 Å². The number of aromatic nitrogens is 1. The normalized spacial score (nSPS) is 15.6. The van der Waals surface area contributed by atoms with E-state index < -0.39 is 6.04 Å². The van der Waals surface area contributed by atoms with Crippen molar-refractivity contribution in [3.05, 3.63) is 99.6 Å². The van der Waals surface area contributed by atoms with Gasteiger partial charge in [0.05, 0.1) is 18.5 Å². The van der Waals surface area contributed by atoms with Crippen LogP contribution in [-0.2, 0) is 27.2 Å². The molecule has 1 fully saturated rings. The molecule has 3 aromatic carbocycles. The molecule has 1 saturated heterocycles. The Bertz CT molecular complexity index is 1430. The second kappa shape index (κ2) is 10.3. The number of para-hydroxylation sites is 1. The summed E-state index contributed by atoms with van der Waals surface area (Å²) in [5, 5.41) is 1.66. The van der Waals surface area contributed by atoms with E-state index in [9.17, 15) is 14.4 Å². The summed E-state index contributed by atoms with van der Waals surface area (Å²) in [7, 11) is 0. The van der Waals surface area contributed by atoms with E-state index in [1.165, 1.54) is 4.90 Å². The largest absolute Gasteiger partial charge is 0.361 e. The smallest absolute Gasteiger partial charge is 0.257 e. The van der Waals surface area contributed by atoms with E-state index in [0.29, 0.717) is 23.7 Å². The van der Waals surface area contributed by atoms with E-state index in [4.69, 9.17) is 11.6 Å². The minimum absolute atomic E-state index is 0.0465. The molecule has 0 spiro atoms.